The van der Waals surface area contributed by atoms with Crippen molar-refractivity contribution < 1.29 is 12.8 Å². The minimum absolute atomic E-state index is 0.0720. The van der Waals surface area contributed by atoms with Crippen molar-refractivity contribution in [3.05, 3.63) is 35.6 Å². The van der Waals surface area contributed by atoms with Crippen LogP contribution in [-0.4, -0.2) is 51.3 Å². The third kappa shape index (κ3) is 6.02. The van der Waals surface area contributed by atoms with Crippen molar-refractivity contribution >= 4 is 27.6 Å². The molecule has 0 amide bonds. The zero-order valence-electron chi connectivity index (χ0n) is 13.1. The minimum Gasteiger partial charge on any atom is -0.356 e. The fourth-order valence-electron chi connectivity index (χ4n) is 2.34. The van der Waals surface area contributed by atoms with E-state index in [0.29, 0.717) is 30.2 Å². The van der Waals surface area contributed by atoms with Crippen LogP contribution in [0.5, 0.6) is 0 Å². The van der Waals surface area contributed by atoms with Gasteiger partial charge in [-0.3, -0.25) is 4.99 Å². The van der Waals surface area contributed by atoms with Crippen LogP contribution in [0.2, 0.25) is 0 Å². The molecule has 1 aromatic carbocycles. The van der Waals surface area contributed by atoms with E-state index in [4.69, 9.17) is 0 Å². The van der Waals surface area contributed by atoms with Crippen molar-refractivity contribution in [2.75, 3.05) is 30.9 Å². The standard InChI is InChI=1S/C15H22FN3O2S2/c1-17-15(19-13-6-9-23(20,21)11-13)18-7-8-22-10-12-4-2-3-5-14(12)16/h2-5,13H,6-11H2,1H3,(H2,17,18,19). The van der Waals surface area contributed by atoms with Crippen LogP contribution < -0.4 is 10.6 Å². The van der Waals surface area contributed by atoms with Crippen LogP contribution >= 0.6 is 11.8 Å². The minimum atomic E-state index is -2.90. The highest BCUT2D eigenvalue weighted by atomic mass is 32.2. The van der Waals surface area contributed by atoms with Crippen LogP contribution in [0, 0.1) is 5.82 Å². The molecule has 1 unspecified atom stereocenters. The van der Waals surface area contributed by atoms with Crippen molar-refractivity contribution in [3.63, 3.8) is 0 Å². The molecule has 5 nitrogen and oxygen atoms in total. The van der Waals surface area contributed by atoms with Gasteiger partial charge in [-0.2, -0.15) is 11.8 Å². The molecule has 1 heterocycles. The van der Waals surface area contributed by atoms with E-state index in [0.717, 1.165) is 5.75 Å². The van der Waals surface area contributed by atoms with E-state index in [2.05, 4.69) is 15.6 Å². The third-order valence-electron chi connectivity index (χ3n) is 3.55. The monoisotopic (exact) mass is 359 g/mol. The summed E-state index contributed by atoms with van der Waals surface area (Å²) in [6.07, 6.45) is 0.616. The predicted octanol–water partition coefficient (Wildman–Crippen LogP) is 1.41. The maximum atomic E-state index is 13.5. The summed E-state index contributed by atoms with van der Waals surface area (Å²) in [6, 6.07) is 6.70. The summed E-state index contributed by atoms with van der Waals surface area (Å²) in [6.45, 7) is 0.679. The molecule has 8 heteroatoms. The van der Waals surface area contributed by atoms with Crippen LogP contribution in [0.3, 0.4) is 0 Å². The van der Waals surface area contributed by atoms with E-state index < -0.39 is 9.84 Å². The molecule has 1 aliphatic heterocycles. The molecule has 1 atom stereocenters. The molecule has 1 aliphatic rings. The molecule has 0 aromatic heterocycles. The molecule has 1 saturated heterocycles. The fraction of sp³-hybridized carbons (Fsp3) is 0.533. The Morgan fingerprint density at radius 3 is 2.87 bits per heavy atom. The Kier molecular flexibility index (Phi) is 6.71. The zero-order chi connectivity index (χ0) is 16.7. The van der Waals surface area contributed by atoms with Crippen molar-refractivity contribution in [1.82, 2.24) is 10.6 Å². The molecule has 128 valence electrons. The summed E-state index contributed by atoms with van der Waals surface area (Å²) in [7, 11) is -1.24. The number of thioether (sulfide) groups is 1. The van der Waals surface area contributed by atoms with Gasteiger partial charge in [-0.1, -0.05) is 18.2 Å². The van der Waals surface area contributed by atoms with E-state index in [-0.39, 0.29) is 23.4 Å². The molecule has 2 rings (SSSR count). The summed E-state index contributed by atoms with van der Waals surface area (Å²) >= 11 is 1.63. The van der Waals surface area contributed by atoms with Gasteiger partial charge in [0.2, 0.25) is 0 Å². The van der Waals surface area contributed by atoms with Gasteiger partial charge >= 0.3 is 0 Å². The second-order valence-corrected chi connectivity index (χ2v) is 8.72. The number of nitrogens with zero attached hydrogens (tertiary/aromatic N) is 1. The second kappa shape index (κ2) is 8.54. The molecule has 0 spiro atoms. The Morgan fingerprint density at radius 2 is 2.22 bits per heavy atom. The van der Waals surface area contributed by atoms with E-state index >= 15 is 0 Å². The van der Waals surface area contributed by atoms with Gasteiger partial charge in [0.25, 0.3) is 0 Å². The van der Waals surface area contributed by atoms with Crippen molar-refractivity contribution in [2.24, 2.45) is 4.99 Å². The smallest absolute Gasteiger partial charge is 0.191 e. The van der Waals surface area contributed by atoms with Gasteiger partial charge in [0.15, 0.2) is 15.8 Å². The van der Waals surface area contributed by atoms with Gasteiger partial charge in [-0.05, 0) is 18.1 Å². The van der Waals surface area contributed by atoms with Crippen LogP contribution in [0.1, 0.15) is 12.0 Å². The molecule has 1 aromatic rings. The molecule has 1 fully saturated rings. The number of nitrogens with one attached hydrogen (secondary N) is 2. The topological polar surface area (TPSA) is 70.6 Å². The number of hydrogen-bond donors (Lipinski definition) is 2. The Bertz CT molecular complexity index is 650. The summed E-state index contributed by atoms with van der Waals surface area (Å²) in [5, 5.41) is 6.28. The van der Waals surface area contributed by atoms with Gasteiger partial charge in [0.1, 0.15) is 5.82 Å². The summed E-state index contributed by atoms with van der Waals surface area (Å²) in [5.41, 5.74) is 0.705. The van der Waals surface area contributed by atoms with E-state index in [1.807, 2.05) is 6.07 Å². The van der Waals surface area contributed by atoms with Crippen LogP contribution in [0.4, 0.5) is 4.39 Å². The van der Waals surface area contributed by atoms with Crippen molar-refractivity contribution in [2.45, 2.75) is 18.2 Å². The molecule has 0 bridgehead atoms. The Labute approximate surface area is 141 Å². The average Bonchev–Trinajstić information content (AvgIpc) is 2.86. The highest BCUT2D eigenvalue weighted by molar-refractivity contribution is 7.98. The van der Waals surface area contributed by atoms with Gasteiger partial charge in [0.05, 0.1) is 11.5 Å². The summed E-state index contributed by atoms with van der Waals surface area (Å²) in [4.78, 5) is 4.10. The molecule has 2 N–H and O–H groups in total. The van der Waals surface area contributed by atoms with E-state index in [1.165, 1.54) is 6.07 Å². The van der Waals surface area contributed by atoms with Gasteiger partial charge in [-0.25, -0.2) is 12.8 Å². The number of aliphatic imine (C=N–C) groups is 1. The highest BCUT2D eigenvalue weighted by Crippen LogP contribution is 2.14. The Balaban J connectivity index is 1.65. The van der Waals surface area contributed by atoms with E-state index in [9.17, 15) is 12.8 Å². The maximum Gasteiger partial charge on any atom is 0.191 e. The SMILES string of the molecule is CN=C(NCCSCc1ccccc1F)NC1CCS(=O)(=O)C1. The molecule has 0 aliphatic carbocycles. The van der Waals surface area contributed by atoms with Crippen LogP contribution in [0.15, 0.2) is 29.3 Å². The fourth-order valence-corrected chi connectivity index (χ4v) is 4.85. The predicted molar refractivity (Wildman–Crippen MR) is 94.1 cm³/mol. The first kappa shape index (κ1) is 18.1. The Hall–Kier alpha value is -1.28. The molecule has 0 radical (unpaired) electrons. The van der Waals surface area contributed by atoms with Gasteiger partial charge in [0, 0.05) is 31.1 Å². The summed E-state index contributed by atoms with van der Waals surface area (Å²) in [5.74, 6) is 2.27. The van der Waals surface area contributed by atoms with Crippen LogP contribution in [0.25, 0.3) is 0 Å². The molecular formula is C15H22FN3O2S2. The number of sulfone groups is 1. The first-order valence-electron chi connectivity index (χ1n) is 7.49. The van der Waals surface area contributed by atoms with Crippen molar-refractivity contribution in [1.29, 1.82) is 0 Å². The number of rotatable bonds is 6. The summed E-state index contributed by atoms with van der Waals surface area (Å²) < 4.78 is 36.3. The molecular weight excluding hydrogens is 337 g/mol. The second-order valence-electron chi connectivity index (χ2n) is 5.39. The number of halogens is 1. The largest absolute Gasteiger partial charge is 0.356 e. The first-order valence-corrected chi connectivity index (χ1v) is 10.5. The van der Waals surface area contributed by atoms with Gasteiger partial charge < -0.3 is 10.6 Å². The Morgan fingerprint density at radius 1 is 1.43 bits per heavy atom. The third-order valence-corrected chi connectivity index (χ3v) is 6.33. The first-order chi connectivity index (χ1) is 11.0. The van der Waals surface area contributed by atoms with E-state index in [1.54, 1.807) is 30.9 Å². The maximum absolute atomic E-state index is 13.5. The molecule has 0 saturated carbocycles. The lowest BCUT2D eigenvalue weighted by Crippen LogP contribution is -2.44. The zero-order valence-corrected chi connectivity index (χ0v) is 14.7. The average molecular weight is 359 g/mol. The number of guanidine groups is 1. The number of benzene rings is 1. The number of hydrogen-bond acceptors (Lipinski definition) is 4. The highest BCUT2D eigenvalue weighted by Gasteiger charge is 2.28. The molecule has 23 heavy (non-hydrogen) atoms. The quantitative estimate of drug-likeness (QED) is 0.457. The lowest BCUT2D eigenvalue weighted by atomic mass is 10.2. The lowest BCUT2D eigenvalue weighted by Gasteiger charge is -2.15. The van der Waals surface area contributed by atoms with Crippen LogP contribution in [-0.2, 0) is 15.6 Å². The van der Waals surface area contributed by atoms with Crippen molar-refractivity contribution in [3.8, 4) is 0 Å². The van der Waals surface area contributed by atoms with Gasteiger partial charge in [-0.15, -0.1) is 0 Å². The lowest BCUT2D eigenvalue weighted by molar-refractivity contribution is 0.599. The normalized spacial score (nSPS) is 20.4.